The zero-order chi connectivity index (χ0) is 14.4. The van der Waals surface area contributed by atoms with E-state index >= 15 is 0 Å². The van der Waals surface area contributed by atoms with Crippen molar-refractivity contribution in [1.82, 2.24) is 10.2 Å². The maximum Gasteiger partial charge on any atom is 0.00502 e. The average molecular weight is 280 g/mol. The highest BCUT2D eigenvalue weighted by Crippen LogP contribution is 2.36. The van der Waals surface area contributed by atoms with E-state index in [1.165, 1.54) is 77.7 Å². The minimum atomic E-state index is 0.499. The van der Waals surface area contributed by atoms with Gasteiger partial charge in [0.2, 0.25) is 0 Å². The van der Waals surface area contributed by atoms with E-state index in [4.69, 9.17) is 0 Å². The molecule has 2 fully saturated rings. The van der Waals surface area contributed by atoms with E-state index in [1.54, 1.807) is 0 Å². The molecule has 0 atom stereocenters. The third-order valence-corrected chi connectivity index (χ3v) is 5.41. The number of hydrogen-bond acceptors (Lipinski definition) is 2. The summed E-state index contributed by atoms with van der Waals surface area (Å²) in [6, 6.07) is 0. The van der Waals surface area contributed by atoms with Gasteiger partial charge >= 0.3 is 0 Å². The van der Waals surface area contributed by atoms with E-state index in [9.17, 15) is 0 Å². The summed E-state index contributed by atoms with van der Waals surface area (Å²) in [7, 11) is 0. The summed E-state index contributed by atoms with van der Waals surface area (Å²) in [5.74, 6) is 2.06. The molecule has 2 nitrogen and oxygen atoms in total. The zero-order valence-corrected chi connectivity index (χ0v) is 14.1. The fourth-order valence-electron chi connectivity index (χ4n) is 3.32. The van der Waals surface area contributed by atoms with Gasteiger partial charge in [-0.25, -0.2) is 0 Å². The normalized spacial score (nSPS) is 19.8. The SMILES string of the molecule is CCCNCC(CC)(CC)CN(CC1CC1)CC1CC1. The summed E-state index contributed by atoms with van der Waals surface area (Å²) in [5, 5.41) is 3.69. The summed E-state index contributed by atoms with van der Waals surface area (Å²) in [4.78, 5) is 2.83. The van der Waals surface area contributed by atoms with Crippen LogP contribution in [0.2, 0.25) is 0 Å². The second-order valence-electron chi connectivity index (χ2n) is 7.46. The van der Waals surface area contributed by atoms with Gasteiger partial charge in [-0.05, 0) is 68.7 Å². The Morgan fingerprint density at radius 2 is 1.50 bits per heavy atom. The van der Waals surface area contributed by atoms with Crippen LogP contribution in [0.15, 0.2) is 0 Å². The first-order valence-corrected chi connectivity index (χ1v) is 9.14. The van der Waals surface area contributed by atoms with Crippen LogP contribution < -0.4 is 5.32 Å². The molecule has 0 saturated heterocycles. The third-order valence-electron chi connectivity index (χ3n) is 5.41. The van der Waals surface area contributed by atoms with Crippen LogP contribution >= 0.6 is 0 Å². The molecule has 2 heteroatoms. The second kappa shape index (κ2) is 7.79. The lowest BCUT2D eigenvalue weighted by atomic mass is 9.81. The quantitative estimate of drug-likeness (QED) is 0.545. The van der Waals surface area contributed by atoms with Gasteiger partial charge in [0.15, 0.2) is 0 Å². The fourth-order valence-corrected chi connectivity index (χ4v) is 3.32. The van der Waals surface area contributed by atoms with Crippen LogP contribution in [0.1, 0.15) is 65.7 Å². The molecule has 0 unspecified atom stereocenters. The van der Waals surface area contributed by atoms with Gasteiger partial charge in [-0.15, -0.1) is 0 Å². The van der Waals surface area contributed by atoms with E-state index < -0.39 is 0 Å². The molecule has 2 aliphatic carbocycles. The van der Waals surface area contributed by atoms with Gasteiger partial charge in [0, 0.05) is 26.2 Å². The summed E-state index contributed by atoms with van der Waals surface area (Å²) in [5.41, 5.74) is 0.499. The molecule has 1 N–H and O–H groups in total. The van der Waals surface area contributed by atoms with Crippen molar-refractivity contribution in [3.63, 3.8) is 0 Å². The highest BCUT2D eigenvalue weighted by molar-refractivity contribution is 4.88. The van der Waals surface area contributed by atoms with Gasteiger partial charge < -0.3 is 10.2 Å². The van der Waals surface area contributed by atoms with Crippen molar-refractivity contribution in [3.05, 3.63) is 0 Å². The third kappa shape index (κ3) is 5.37. The van der Waals surface area contributed by atoms with Gasteiger partial charge in [0.25, 0.3) is 0 Å². The molecule has 0 aromatic heterocycles. The van der Waals surface area contributed by atoms with Gasteiger partial charge in [0.1, 0.15) is 0 Å². The van der Waals surface area contributed by atoms with Gasteiger partial charge in [-0.2, -0.15) is 0 Å². The lowest BCUT2D eigenvalue weighted by Crippen LogP contribution is -2.45. The molecule has 2 rings (SSSR count). The molecule has 20 heavy (non-hydrogen) atoms. The molecule has 0 radical (unpaired) electrons. The largest absolute Gasteiger partial charge is 0.316 e. The van der Waals surface area contributed by atoms with Crippen molar-refractivity contribution in [3.8, 4) is 0 Å². The monoisotopic (exact) mass is 280 g/mol. The van der Waals surface area contributed by atoms with Crippen molar-refractivity contribution in [1.29, 1.82) is 0 Å². The predicted octanol–water partition coefficient (Wildman–Crippen LogP) is 3.91. The van der Waals surface area contributed by atoms with E-state index in [1.807, 2.05) is 0 Å². The number of rotatable bonds is 12. The Morgan fingerprint density at radius 1 is 0.950 bits per heavy atom. The van der Waals surface area contributed by atoms with Gasteiger partial charge in [-0.1, -0.05) is 20.8 Å². The zero-order valence-electron chi connectivity index (χ0n) is 14.1. The van der Waals surface area contributed by atoms with Crippen LogP contribution in [0.3, 0.4) is 0 Å². The molecule has 0 amide bonds. The maximum absolute atomic E-state index is 3.69. The number of nitrogens with one attached hydrogen (secondary N) is 1. The van der Waals surface area contributed by atoms with Crippen LogP contribution in [0.4, 0.5) is 0 Å². The molecule has 0 spiro atoms. The van der Waals surface area contributed by atoms with Crippen molar-refractivity contribution in [2.24, 2.45) is 17.3 Å². The second-order valence-corrected chi connectivity index (χ2v) is 7.46. The predicted molar refractivity (Wildman–Crippen MR) is 88.1 cm³/mol. The van der Waals surface area contributed by atoms with E-state index in [0.717, 1.165) is 11.8 Å². The summed E-state index contributed by atoms with van der Waals surface area (Å²) in [6.07, 6.45) is 9.82. The Hall–Kier alpha value is -0.0800. The molecule has 0 bridgehead atoms. The summed E-state index contributed by atoms with van der Waals surface area (Å²) < 4.78 is 0. The standard InChI is InChI=1S/C18H36N2/c1-4-11-19-14-18(5-2,6-3)15-20(12-16-7-8-16)13-17-9-10-17/h16-17,19H,4-15H2,1-3H3. The van der Waals surface area contributed by atoms with Crippen LogP contribution in [0.25, 0.3) is 0 Å². The average Bonchev–Trinajstić information content (AvgIpc) is 3.34. The number of hydrogen-bond donors (Lipinski definition) is 1. The van der Waals surface area contributed by atoms with E-state index in [0.29, 0.717) is 5.41 Å². The number of nitrogens with zero attached hydrogens (tertiary/aromatic N) is 1. The molecule has 2 saturated carbocycles. The minimum absolute atomic E-state index is 0.499. The van der Waals surface area contributed by atoms with Crippen LogP contribution in [0, 0.1) is 17.3 Å². The Morgan fingerprint density at radius 3 is 1.90 bits per heavy atom. The van der Waals surface area contributed by atoms with Crippen molar-refractivity contribution in [2.75, 3.05) is 32.7 Å². The van der Waals surface area contributed by atoms with E-state index in [2.05, 4.69) is 31.0 Å². The van der Waals surface area contributed by atoms with Crippen LogP contribution in [-0.2, 0) is 0 Å². The van der Waals surface area contributed by atoms with Crippen molar-refractivity contribution < 1.29 is 0 Å². The van der Waals surface area contributed by atoms with Gasteiger partial charge in [0.05, 0.1) is 0 Å². The first-order valence-electron chi connectivity index (χ1n) is 9.14. The Balaban J connectivity index is 1.86. The van der Waals surface area contributed by atoms with E-state index in [-0.39, 0.29) is 0 Å². The highest BCUT2D eigenvalue weighted by atomic mass is 15.1. The van der Waals surface area contributed by atoms with Crippen molar-refractivity contribution >= 4 is 0 Å². The van der Waals surface area contributed by atoms with Gasteiger partial charge in [-0.3, -0.25) is 0 Å². The lowest BCUT2D eigenvalue weighted by Gasteiger charge is -2.38. The van der Waals surface area contributed by atoms with Crippen LogP contribution in [0.5, 0.6) is 0 Å². The molecule has 118 valence electrons. The van der Waals surface area contributed by atoms with Crippen LogP contribution in [-0.4, -0.2) is 37.6 Å². The Kier molecular flexibility index (Phi) is 6.35. The highest BCUT2D eigenvalue weighted by Gasteiger charge is 2.34. The molecule has 0 aromatic rings. The lowest BCUT2D eigenvalue weighted by molar-refractivity contribution is 0.126. The Bertz CT molecular complexity index is 251. The molecule has 0 aliphatic heterocycles. The summed E-state index contributed by atoms with van der Waals surface area (Å²) in [6.45, 7) is 13.5. The Labute approximate surface area is 126 Å². The van der Waals surface area contributed by atoms with Crippen molar-refractivity contribution in [2.45, 2.75) is 65.7 Å². The topological polar surface area (TPSA) is 15.3 Å². The first kappa shape index (κ1) is 16.3. The summed E-state index contributed by atoms with van der Waals surface area (Å²) >= 11 is 0. The fraction of sp³-hybridized carbons (Fsp3) is 1.00. The smallest absolute Gasteiger partial charge is 0.00502 e. The first-order chi connectivity index (χ1) is 9.71. The molecular weight excluding hydrogens is 244 g/mol. The maximum atomic E-state index is 3.69. The molecular formula is C18H36N2. The molecule has 2 aliphatic rings. The molecule has 0 aromatic carbocycles. The minimum Gasteiger partial charge on any atom is -0.316 e. The molecule has 0 heterocycles.